The molecule has 1 atom stereocenters. The topological polar surface area (TPSA) is 66.6 Å². The smallest absolute Gasteiger partial charge is 0.283 e. The van der Waals surface area contributed by atoms with Crippen molar-refractivity contribution in [2.45, 2.75) is 40.1 Å². The molecule has 1 unspecified atom stereocenters. The van der Waals surface area contributed by atoms with Crippen LogP contribution in [0.2, 0.25) is 0 Å². The first kappa shape index (κ1) is 15.1. The Morgan fingerprint density at radius 3 is 2.22 bits per heavy atom. The van der Waals surface area contributed by atoms with Gasteiger partial charge in [0, 0.05) is 20.3 Å². The molecule has 0 amide bonds. The normalized spacial score (nSPS) is 13.5. The van der Waals surface area contributed by atoms with Crippen LogP contribution in [0.3, 0.4) is 0 Å². The van der Waals surface area contributed by atoms with E-state index in [9.17, 15) is 0 Å². The third-order valence-electron chi connectivity index (χ3n) is 2.41. The number of rotatable bonds is 8. The van der Waals surface area contributed by atoms with E-state index in [1.54, 1.807) is 7.11 Å². The van der Waals surface area contributed by atoms with Crippen LogP contribution in [0.15, 0.2) is 4.52 Å². The molecule has 6 nitrogen and oxygen atoms in total. The van der Waals surface area contributed by atoms with Gasteiger partial charge in [0.25, 0.3) is 5.89 Å². The van der Waals surface area contributed by atoms with Crippen molar-refractivity contribution in [1.29, 1.82) is 0 Å². The van der Waals surface area contributed by atoms with Crippen LogP contribution in [0.25, 0.3) is 0 Å². The van der Waals surface area contributed by atoms with Gasteiger partial charge in [-0.1, -0.05) is 19.0 Å². The van der Waals surface area contributed by atoms with Crippen LogP contribution in [0.5, 0.6) is 0 Å². The van der Waals surface area contributed by atoms with E-state index < -0.39 is 6.29 Å². The van der Waals surface area contributed by atoms with Gasteiger partial charge in [0.1, 0.15) is 6.10 Å². The van der Waals surface area contributed by atoms with Gasteiger partial charge in [0.05, 0.1) is 0 Å². The van der Waals surface area contributed by atoms with Crippen LogP contribution < -0.4 is 0 Å². The molecule has 0 aliphatic heterocycles. The Morgan fingerprint density at radius 1 is 1.17 bits per heavy atom. The van der Waals surface area contributed by atoms with E-state index in [0.717, 1.165) is 0 Å². The molecule has 0 aromatic carbocycles. The van der Waals surface area contributed by atoms with Crippen molar-refractivity contribution in [3.8, 4) is 0 Å². The lowest BCUT2D eigenvalue weighted by molar-refractivity contribution is -0.155. The van der Waals surface area contributed by atoms with Gasteiger partial charge in [-0.3, -0.25) is 0 Å². The molecule has 0 spiro atoms. The fraction of sp³-hybridized carbons (Fsp3) is 0.833. The Kier molecular flexibility index (Phi) is 6.24. The molecule has 1 aromatic rings. The van der Waals surface area contributed by atoms with Gasteiger partial charge in [-0.2, -0.15) is 4.98 Å². The molecule has 1 heterocycles. The van der Waals surface area contributed by atoms with Crippen LogP contribution in [0.1, 0.15) is 51.8 Å². The molecule has 0 N–H and O–H groups in total. The van der Waals surface area contributed by atoms with Gasteiger partial charge < -0.3 is 18.7 Å². The summed E-state index contributed by atoms with van der Waals surface area (Å²) in [6.45, 7) is 8.87. The monoisotopic (exact) mass is 258 g/mol. The number of hydrogen-bond donors (Lipinski definition) is 0. The van der Waals surface area contributed by atoms with Gasteiger partial charge in [0.2, 0.25) is 12.1 Å². The van der Waals surface area contributed by atoms with Crippen LogP contribution in [-0.2, 0) is 14.2 Å². The summed E-state index contributed by atoms with van der Waals surface area (Å²) in [4.78, 5) is 4.29. The average Bonchev–Trinajstić information content (AvgIpc) is 2.78. The molecule has 0 bridgehead atoms. The Bertz CT molecular complexity index is 335. The molecular weight excluding hydrogens is 236 g/mol. The molecule has 0 aliphatic carbocycles. The molecule has 0 radical (unpaired) electrons. The first-order chi connectivity index (χ1) is 8.63. The molecule has 18 heavy (non-hydrogen) atoms. The maximum absolute atomic E-state index is 5.40. The lowest BCUT2D eigenvalue weighted by Crippen LogP contribution is -2.12. The van der Waals surface area contributed by atoms with E-state index in [1.807, 2.05) is 27.7 Å². The van der Waals surface area contributed by atoms with E-state index in [4.69, 9.17) is 18.7 Å². The van der Waals surface area contributed by atoms with Gasteiger partial charge in [-0.15, -0.1) is 0 Å². The second-order valence-corrected chi connectivity index (χ2v) is 4.13. The highest BCUT2D eigenvalue weighted by Crippen LogP contribution is 2.25. The Morgan fingerprint density at radius 2 is 1.78 bits per heavy atom. The minimum Gasteiger partial charge on any atom is -0.373 e. The standard InChI is InChI=1S/C12H22N2O4/c1-6-16-12(17-7-2)11-13-10(14-18-11)9(15-5)8(3)4/h8-9,12H,6-7H2,1-5H3. The van der Waals surface area contributed by atoms with E-state index in [1.165, 1.54) is 0 Å². The SMILES string of the molecule is CCOC(OCC)c1nc(C(OC)C(C)C)no1. The maximum Gasteiger partial charge on any atom is 0.283 e. The zero-order valence-corrected chi connectivity index (χ0v) is 11.7. The maximum atomic E-state index is 5.40. The molecule has 0 fully saturated rings. The van der Waals surface area contributed by atoms with Crippen molar-refractivity contribution in [3.63, 3.8) is 0 Å². The summed E-state index contributed by atoms with van der Waals surface area (Å²) in [5, 5.41) is 3.92. The minimum atomic E-state index is -0.606. The van der Waals surface area contributed by atoms with Gasteiger partial charge in [-0.05, 0) is 19.8 Å². The average molecular weight is 258 g/mol. The van der Waals surface area contributed by atoms with Crippen molar-refractivity contribution in [2.24, 2.45) is 5.92 Å². The molecule has 1 rings (SSSR count). The van der Waals surface area contributed by atoms with Crippen molar-refractivity contribution in [1.82, 2.24) is 10.1 Å². The van der Waals surface area contributed by atoms with Gasteiger partial charge in [-0.25, -0.2) is 0 Å². The van der Waals surface area contributed by atoms with Crippen molar-refractivity contribution < 1.29 is 18.7 Å². The predicted octanol–water partition coefficient (Wildman–Crippen LogP) is 2.48. The molecule has 104 valence electrons. The Hall–Kier alpha value is -0.980. The number of ether oxygens (including phenoxy) is 3. The summed E-state index contributed by atoms with van der Waals surface area (Å²) in [7, 11) is 1.63. The number of aromatic nitrogens is 2. The summed E-state index contributed by atoms with van der Waals surface area (Å²) in [6, 6.07) is 0. The number of methoxy groups -OCH3 is 1. The molecular formula is C12H22N2O4. The fourth-order valence-electron chi connectivity index (χ4n) is 1.63. The van der Waals surface area contributed by atoms with Crippen LogP contribution in [0.4, 0.5) is 0 Å². The van der Waals surface area contributed by atoms with Gasteiger partial charge >= 0.3 is 0 Å². The van der Waals surface area contributed by atoms with Crippen molar-refractivity contribution >= 4 is 0 Å². The minimum absolute atomic E-state index is 0.189. The van der Waals surface area contributed by atoms with Crippen LogP contribution >= 0.6 is 0 Å². The fourth-order valence-corrected chi connectivity index (χ4v) is 1.63. The second-order valence-electron chi connectivity index (χ2n) is 4.13. The molecule has 1 aromatic heterocycles. The quantitative estimate of drug-likeness (QED) is 0.667. The Balaban J connectivity index is 2.82. The van der Waals surface area contributed by atoms with E-state index in [2.05, 4.69) is 10.1 Å². The summed E-state index contributed by atoms with van der Waals surface area (Å²) in [6.07, 6.45) is -0.794. The van der Waals surface area contributed by atoms with E-state index in [0.29, 0.717) is 24.9 Å². The first-order valence-corrected chi connectivity index (χ1v) is 6.23. The largest absolute Gasteiger partial charge is 0.373 e. The third kappa shape index (κ3) is 3.76. The lowest BCUT2D eigenvalue weighted by Gasteiger charge is -2.14. The van der Waals surface area contributed by atoms with E-state index >= 15 is 0 Å². The van der Waals surface area contributed by atoms with Crippen molar-refractivity contribution in [3.05, 3.63) is 11.7 Å². The molecule has 0 saturated carbocycles. The highest BCUT2D eigenvalue weighted by atomic mass is 16.7. The number of hydrogen-bond acceptors (Lipinski definition) is 6. The zero-order chi connectivity index (χ0) is 13.5. The predicted molar refractivity (Wildman–Crippen MR) is 64.9 cm³/mol. The first-order valence-electron chi connectivity index (χ1n) is 6.23. The third-order valence-corrected chi connectivity index (χ3v) is 2.41. The summed E-state index contributed by atoms with van der Waals surface area (Å²) in [5.41, 5.74) is 0. The Labute approximate surface area is 108 Å². The second kappa shape index (κ2) is 7.45. The summed E-state index contributed by atoms with van der Waals surface area (Å²) >= 11 is 0. The highest BCUT2D eigenvalue weighted by molar-refractivity contribution is 4.93. The summed E-state index contributed by atoms with van der Waals surface area (Å²) in [5.74, 6) is 1.11. The lowest BCUT2D eigenvalue weighted by atomic mass is 10.1. The molecule has 6 heteroatoms. The van der Waals surface area contributed by atoms with Crippen LogP contribution in [-0.4, -0.2) is 30.5 Å². The summed E-state index contributed by atoms with van der Waals surface area (Å²) < 4.78 is 21.3. The van der Waals surface area contributed by atoms with Gasteiger partial charge in [0.15, 0.2) is 0 Å². The van der Waals surface area contributed by atoms with Crippen molar-refractivity contribution in [2.75, 3.05) is 20.3 Å². The zero-order valence-electron chi connectivity index (χ0n) is 11.7. The number of nitrogens with zero attached hydrogens (tertiary/aromatic N) is 2. The highest BCUT2D eigenvalue weighted by Gasteiger charge is 2.25. The molecule has 0 aliphatic rings. The molecule has 0 saturated heterocycles. The van der Waals surface area contributed by atoms with E-state index in [-0.39, 0.29) is 12.0 Å². The van der Waals surface area contributed by atoms with Crippen LogP contribution in [0, 0.1) is 5.92 Å².